The molecule has 0 spiro atoms. The first-order valence-corrected chi connectivity index (χ1v) is 7.65. The number of benzene rings is 1. The highest BCUT2D eigenvalue weighted by Crippen LogP contribution is 2.31. The van der Waals surface area contributed by atoms with Crippen molar-refractivity contribution >= 4 is 11.3 Å². The van der Waals surface area contributed by atoms with Gasteiger partial charge in [0.15, 0.2) is 0 Å². The molecule has 2 aromatic rings. The van der Waals surface area contributed by atoms with Gasteiger partial charge in [0, 0.05) is 0 Å². The molecule has 1 aliphatic carbocycles. The number of ether oxygens (including phenoxy) is 1. The average Bonchev–Trinajstić information content (AvgIpc) is 3.18. The maximum atomic E-state index is 5.77. The van der Waals surface area contributed by atoms with E-state index in [1.165, 1.54) is 17.7 Å². The van der Waals surface area contributed by atoms with Crippen LogP contribution in [0.2, 0.25) is 0 Å². The average molecular weight is 289 g/mol. The molecule has 1 saturated carbocycles. The van der Waals surface area contributed by atoms with Gasteiger partial charge in [0.1, 0.15) is 5.75 Å². The van der Waals surface area contributed by atoms with Crippen LogP contribution in [0, 0.1) is 13.8 Å². The van der Waals surface area contributed by atoms with Gasteiger partial charge in [0.2, 0.25) is 0 Å². The van der Waals surface area contributed by atoms with E-state index in [-0.39, 0.29) is 6.04 Å². The number of hydrogen-bond donors (Lipinski definition) is 2. The maximum absolute atomic E-state index is 5.77. The summed E-state index contributed by atoms with van der Waals surface area (Å²) >= 11 is 1.68. The third-order valence-corrected chi connectivity index (χ3v) is 4.55. The van der Waals surface area contributed by atoms with Crippen molar-refractivity contribution in [2.45, 2.75) is 38.8 Å². The zero-order valence-corrected chi connectivity index (χ0v) is 12.5. The lowest BCUT2D eigenvalue weighted by molar-refractivity contribution is 0.303. The number of hydrogen-bond acceptors (Lipinski definition) is 5. The van der Waals surface area contributed by atoms with E-state index >= 15 is 0 Å². The minimum absolute atomic E-state index is 0.0174. The largest absolute Gasteiger partial charge is 0.490 e. The van der Waals surface area contributed by atoms with Gasteiger partial charge in [-0.3, -0.25) is 5.84 Å². The molecule has 1 unspecified atom stereocenters. The summed E-state index contributed by atoms with van der Waals surface area (Å²) in [5.74, 6) is 6.68. The fourth-order valence-electron chi connectivity index (χ4n) is 2.26. The van der Waals surface area contributed by atoms with E-state index < -0.39 is 0 Å². The predicted molar refractivity (Wildman–Crippen MR) is 80.8 cm³/mol. The Bertz CT molecular complexity index is 590. The number of aryl methyl sites for hydroxylation is 2. The molecular formula is C15H19N3OS. The second-order valence-electron chi connectivity index (χ2n) is 5.17. The van der Waals surface area contributed by atoms with Gasteiger partial charge in [-0.05, 0) is 44.4 Å². The zero-order chi connectivity index (χ0) is 14.1. The molecule has 0 amide bonds. The van der Waals surface area contributed by atoms with Gasteiger partial charge in [0.25, 0.3) is 0 Å². The first-order valence-electron chi connectivity index (χ1n) is 6.84. The summed E-state index contributed by atoms with van der Waals surface area (Å²) in [6.45, 7) is 4.04. The van der Waals surface area contributed by atoms with E-state index in [9.17, 15) is 0 Å². The van der Waals surface area contributed by atoms with Crippen molar-refractivity contribution in [3.05, 3.63) is 45.4 Å². The molecule has 0 bridgehead atoms. The van der Waals surface area contributed by atoms with Crippen LogP contribution in [0.3, 0.4) is 0 Å². The Morgan fingerprint density at radius 3 is 2.50 bits per heavy atom. The Hall–Kier alpha value is -1.43. The molecule has 1 fully saturated rings. The summed E-state index contributed by atoms with van der Waals surface area (Å²) in [4.78, 5) is 5.64. The number of rotatable bonds is 5. The van der Waals surface area contributed by atoms with Crippen molar-refractivity contribution in [1.29, 1.82) is 0 Å². The fraction of sp³-hybridized carbons (Fsp3) is 0.400. The summed E-state index contributed by atoms with van der Waals surface area (Å²) < 4.78 is 5.77. The number of aromatic nitrogens is 1. The van der Waals surface area contributed by atoms with Crippen LogP contribution in [0.25, 0.3) is 0 Å². The lowest BCUT2D eigenvalue weighted by atomic mass is 10.0. The van der Waals surface area contributed by atoms with Crippen LogP contribution >= 0.6 is 11.3 Å². The van der Waals surface area contributed by atoms with Crippen molar-refractivity contribution in [3.63, 3.8) is 0 Å². The highest BCUT2D eigenvalue weighted by Gasteiger charge is 2.24. The number of hydrazine groups is 1. The molecule has 1 heterocycles. The van der Waals surface area contributed by atoms with Gasteiger partial charge in [-0.1, -0.05) is 12.1 Å². The third kappa shape index (κ3) is 2.85. The van der Waals surface area contributed by atoms with E-state index in [1.807, 2.05) is 26.0 Å². The number of nitrogens with two attached hydrogens (primary N) is 1. The molecule has 106 valence electrons. The van der Waals surface area contributed by atoms with Crippen molar-refractivity contribution < 1.29 is 4.74 Å². The second kappa shape index (κ2) is 5.52. The minimum atomic E-state index is -0.0174. The maximum Gasteiger partial charge on any atom is 0.119 e. The fourth-order valence-corrected chi connectivity index (χ4v) is 3.27. The molecule has 20 heavy (non-hydrogen) atoms. The molecule has 1 aliphatic rings. The first kappa shape index (κ1) is 13.5. The molecule has 1 atom stereocenters. The molecule has 1 aromatic heterocycles. The van der Waals surface area contributed by atoms with Gasteiger partial charge >= 0.3 is 0 Å². The van der Waals surface area contributed by atoms with E-state index in [0.717, 1.165) is 22.0 Å². The SMILES string of the molecule is Cc1nc(C)c(C(NN)c2ccc(OC3CC3)cc2)s1. The van der Waals surface area contributed by atoms with Crippen molar-refractivity contribution in [1.82, 2.24) is 10.4 Å². The van der Waals surface area contributed by atoms with Gasteiger partial charge < -0.3 is 4.74 Å². The summed E-state index contributed by atoms with van der Waals surface area (Å²) in [5, 5.41) is 1.06. The summed E-state index contributed by atoms with van der Waals surface area (Å²) in [6, 6.07) is 8.15. The van der Waals surface area contributed by atoms with E-state index in [2.05, 4.69) is 22.5 Å². The highest BCUT2D eigenvalue weighted by molar-refractivity contribution is 7.11. The summed E-state index contributed by atoms with van der Waals surface area (Å²) in [7, 11) is 0. The molecule has 1 aromatic carbocycles. The Balaban J connectivity index is 1.83. The van der Waals surface area contributed by atoms with Gasteiger partial charge in [0.05, 0.1) is 27.7 Å². The number of nitrogens with one attached hydrogen (secondary N) is 1. The lowest BCUT2D eigenvalue weighted by Gasteiger charge is -2.16. The predicted octanol–water partition coefficient (Wildman–Crippen LogP) is 2.85. The Morgan fingerprint density at radius 2 is 2.00 bits per heavy atom. The molecule has 3 N–H and O–H groups in total. The molecular weight excluding hydrogens is 270 g/mol. The third-order valence-electron chi connectivity index (χ3n) is 3.41. The monoisotopic (exact) mass is 289 g/mol. The summed E-state index contributed by atoms with van der Waals surface area (Å²) in [5.41, 5.74) is 5.05. The number of nitrogens with zero attached hydrogens (tertiary/aromatic N) is 1. The standard InChI is InChI=1S/C15H19N3OS/c1-9-15(20-10(2)17-9)14(18-16)11-3-5-12(6-4-11)19-13-7-8-13/h3-6,13-14,18H,7-8,16H2,1-2H3. The van der Waals surface area contributed by atoms with Crippen LogP contribution in [0.5, 0.6) is 5.75 Å². The second-order valence-corrected chi connectivity index (χ2v) is 6.40. The molecule has 5 heteroatoms. The smallest absolute Gasteiger partial charge is 0.119 e. The Labute approximate surface area is 123 Å². The van der Waals surface area contributed by atoms with Crippen LogP contribution in [-0.2, 0) is 0 Å². The van der Waals surface area contributed by atoms with E-state index in [0.29, 0.717) is 6.10 Å². The molecule has 0 radical (unpaired) electrons. The summed E-state index contributed by atoms with van der Waals surface area (Å²) in [6.07, 6.45) is 2.78. The topological polar surface area (TPSA) is 60.2 Å². The zero-order valence-electron chi connectivity index (χ0n) is 11.7. The van der Waals surface area contributed by atoms with Gasteiger partial charge in [-0.15, -0.1) is 11.3 Å². The number of thiazole rings is 1. The molecule has 0 saturated heterocycles. The molecule has 3 rings (SSSR count). The van der Waals surface area contributed by atoms with Crippen LogP contribution in [0.1, 0.15) is 40.0 Å². The van der Waals surface area contributed by atoms with Crippen LogP contribution < -0.4 is 16.0 Å². The molecule has 4 nitrogen and oxygen atoms in total. The van der Waals surface area contributed by atoms with Crippen LogP contribution in [-0.4, -0.2) is 11.1 Å². The van der Waals surface area contributed by atoms with Crippen LogP contribution in [0.15, 0.2) is 24.3 Å². The quantitative estimate of drug-likeness (QED) is 0.656. The Morgan fingerprint density at radius 1 is 1.30 bits per heavy atom. The lowest BCUT2D eigenvalue weighted by Crippen LogP contribution is -2.28. The highest BCUT2D eigenvalue weighted by atomic mass is 32.1. The van der Waals surface area contributed by atoms with Gasteiger partial charge in [-0.25, -0.2) is 10.4 Å². The van der Waals surface area contributed by atoms with Crippen molar-refractivity contribution in [2.75, 3.05) is 0 Å². The van der Waals surface area contributed by atoms with E-state index in [1.54, 1.807) is 11.3 Å². The van der Waals surface area contributed by atoms with E-state index in [4.69, 9.17) is 10.6 Å². The van der Waals surface area contributed by atoms with Crippen molar-refractivity contribution in [3.8, 4) is 5.75 Å². The van der Waals surface area contributed by atoms with Crippen molar-refractivity contribution in [2.24, 2.45) is 5.84 Å². The normalized spacial score (nSPS) is 16.1. The Kier molecular flexibility index (Phi) is 3.74. The van der Waals surface area contributed by atoms with Gasteiger partial charge in [-0.2, -0.15) is 0 Å². The first-order chi connectivity index (χ1) is 9.67. The minimum Gasteiger partial charge on any atom is -0.490 e. The van der Waals surface area contributed by atoms with Crippen LogP contribution in [0.4, 0.5) is 0 Å². The molecule has 0 aliphatic heterocycles.